The third kappa shape index (κ3) is 8.32. The number of aryl methyl sites for hydroxylation is 1. The molecule has 0 saturated carbocycles. The predicted molar refractivity (Wildman–Crippen MR) is 112 cm³/mol. The topological polar surface area (TPSA) is 74.8 Å². The number of nitrogens with one attached hydrogen (secondary N) is 3. The van der Waals surface area contributed by atoms with Gasteiger partial charge in [-0.25, -0.2) is 0 Å². The maximum absolute atomic E-state index is 12.5. The molecule has 1 aromatic heterocycles. The minimum absolute atomic E-state index is 0.0988. The van der Waals surface area contributed by atoms with Gasteiger partial charge in [0.1, 0.15) is 5.75 Å². The smallest absolute Gasteiger partial charge is 0.422 e. The first-order chi connectivity index (χ1) is 14.3. The summed E-state index contributed by atoms with van der Waals surface area (Å²) in [6.07, 6.45) is -3.72. The Morgan fingerprint density at radius 2 is 1.93 bits per heavy atom. The van der Waals surface area contributed by atoms with E-state index in [2.05, 4.69) is 20.9 Å². The van der Waals surface area contributed by atoms with Crippen LogP contribution in [0, 0.1) is 6.92 Å². The summed E-state index contributed by atoms with van der Waals surface area (Å²) in [4.78, 5) is 16.6. The van der Waals surface area contributed by atoms with Crippen molar-refractivity contribution >= 4 is 23.2 Å². The number of nitrogens with zero attached hydrogens (tertiary/aromatic N) is 1. The van der Waals surface area contributed by atoms with Crippen molar-refractivity contribution in [1.82, 2.24) is 16.0 Å². The van der Waals surface area contributed by atoms with E-state index in [4.69, 9.17) is 4.74 Å². The lowest BCUT2D eigenvalue weighted by Crippen LogP contribution is -2.38. The van der Waals surface area contributed by atoms with Gasteiger partial charge in [0.2, 0.25) is 0 Å². The van der Waals surface area contributed by atoms with Gasteiger partial charge in [-0.2, -0.15) is 13.2 Å². The maximum atomic E-state index is 12.5. The van der Waals surface area contributed by atoms with Gasteiger partial charge in [0.15, 0.2) is 12.6 Å². The van der Waals surface area contributed by atoms with Crippen LogP contribution in [0.3, 0.4) is 0 Å². The summed E-state index contributed by atoms with van der Waals surface area (Å²) in [5.41, 5.74) is 1.40. The van der Waals surface area contributed by atoms with Crippen molar-refractivity contribution < 1.29 is 22.7 Å². The quantitative estimate of drug-likeness (QED) is 0.316. The number of hydrogen-bond acceptors (Lipinski definition) is 4. The number of carbonyl (C=O) groups excluding carboxylic acids is 1. The molecule has 0 aliphatic heterocycles. The number of rotatable bonds is 9. The third-order valence-corrected chi connectivity index (χ3v) is 4.83. The molecule has 164 valence electrons. The van der Waals surface area contributed by atoms with Gasteiger partial charge in [0, 0.05) is 32.2 Å². The number of guanidine groups is 1. The molecule has 1 amide bonds. The lowest BCUT2D eigenvalue weighted by atomic mass is 10.1. The van der Waals surface area contributed by atoms with Crippen LogP contribution in [0.2, 0.25) is 0 Å². The standard InChI is InChI=1S/C20H25F3N4O2S/c1-14-6-7-15(16(11-14)29-13-20(21,22)23)12-27-19(24-2)26-9-4-8-25-18(28)17-5-3-10-30-17/h3,5-7,10-11H,4,8-9,12-13H2,1-2H3,(H,25,28)(H2,24,26,27). The molecule has 0 unspecified atom stereocenters. The Morgan fingerprint density at radius 3 is 2.60 bits per heavy atom. The van der Waals surface area contributed by atoms with Crippen LogP contribution in [0.25, 0.3) is 0 Å². The third-order valence-electron chi connectivity index (χ3n) is 3.96. The van der Waals surface area contributed by atoms with Crippen molar-refractivity contribution in [2.45, 2.75) is 26.1 Å². The zero-order chi connectivity index (χ0) is 22.0. The zero-order valence-electron chi connectivity index (χ0n) is 16.8. The first-order valence-electron chi connectivity index (χ1n) is 9.34. The molecule has 0 saturated heterocycles. The summed E-state index contributed by atoms with van der Waals surface area (Å²) >= 11 is 1.39. The Labute approximate surface area is 177 Å². The van der Waals surface area contributed by atoms with Gasteiger partial charge in [0.25, 0.3) is 5.91 Å². The number of aliphatic imine (C=N–C) groups is 1. The van der Waals surface area contributed by atoms with Crippen LogP contribution >= 0.6 is 11.3 Å². The van der Waals surface area contributed by atoms with Gasteiger partial charge in [-0.3, -0.25) is 9.79 Å². The Morgan fingerprint density at radius 1 is 1.17 bits per heavy atom. The molecule has 0 fully saturated rings. The highest BCUT2D eigenvalue weighted by Crippen LogP contribution is 2.23. The van der Waals surface area contributed by atoms with Crippen molar-refractivity contribution in [3.63, 3.8) is 0 Å². The predicted octanol–water partition coefficient (Wildman–Crippen LogP) is 3.48. The number of hydrogen-bond donors (Lipinski definition) is 3. The van der Waals surface area contributed by atoms with Gasteiger partial charge in [0.05, 0.1) is 4.88 Å². The summed E-state index contributed by atoms with van der Waals surface area (Å²) < 4.78 is 42.4. The number of benzene rings is 1. The summed E-state index contributed by atoms with van der Waals surface area (Å²) in [7, 11) is 1.60. The SMILES string of the molecule is CN=C(NCCCNC(=O)c1cccs1)NCc1ccc(C)cc1OCC(F)(F)F. The van der Waals surface area contributed by atoms with E-state index in [1.54, 1.807) is 32.2 Å². The van der Waals surface area contributed by atoms with Crippen molar-refractivity contribution in [2.24, 2.45) is 4.99 Å². The lowest BCUT2D eigenvalue weighted by Gasteiger charge is -2.16. The van der Waals surface area contributed by atoms with Gasteiger partial charge < -0.3 is 20.7 Å². The summed E-state index contributed by atoms with van der Waals surface area (Å²) in [5, 5.41) is 10.8. The van der Waals surface area contributed by atoms with E-state index in [1.807, 2.05) is 17.5 Å². The van der Waals surface area contributed by atoms with Gasteiger partial charge in [-0.05, 0) is 36.4 Å². The Hall–Kier alpha value is -2.75. The number of thiophene rings is 1. The van der Waals surface area contributed by atoms with Crippen LogP contribution in [0.15, 0.2) is 40.7 Å². The molecule has 1 heterocycles. The highest BCUT2D eigenvalue weighted by molar-refractivity contribution is 7.12. The van der Waals surface area contributed by atoms with Crippen molar-refractivity contribution in [3.8, 4) is 5.75 Å². The highest BCUT2D eigenvalue weighted by Gasteiger charge is 2.28. The molecule has 0 aliphatic rings. The van der Waals surface area contributed by atoms with E-state index in [0.29, 0.717) is 35.9 Å². The average molecular weight is 443 g/mol. The fraction of sp³-hybridized carbons (Fsp3) is 0.400. The zero-order valence-corrected chi connectivity index (χ0v) is 17.6. The molecule has 3 N–H and O–H groups in total. The van der Waals surface area contributed by atoms with Gasteiger partial charge in [-0.15, -0.1) is 11.3 Å². The molecule has 10 heteroatoms. The number of carbonyl (C=O) groups is 1. The molecule has 0 aliphatic carbocycles. The normalized spacial score (nSPS) is 11.8. The molecule has 0 bridgehead atoms. The molecule has 2 aromatic rings. The fourth-order valence-corrected chi connectivity index (χ4v) is 3.13. The Kier molecular flexibility index (Phi) is 8.97. The van der Waals surface area contributed by atoms with Crippen molar-refractivity contribution in [2.75, 3.05) is 26.7 Å². The molecular weight excluding hydrogens is 417 g/mol. The van der Waals surface area contributed by atoms with Crippen LogP contribution in [0.1, 0.15) is 27.2 Å². The highest BCUT2D eigenvalue weighted by atomic mass is 32.1. The molecular formula is C20H25F3N4O2S. The Balaban J connectivity index is 1.76. The minimum atomic E-state index is -4.40. The van der Waals surface area contributed by atoms with E-state index < -0.39 is 12.8 Å². The van der Waals surface area contributed by atoms with Crippen molar-refractivity contribution in [1.29, 1.82) is 0 Å². The first-order valence-corrected chi connectivity index (χ1v) is 10.2. The van der Waals surface area contributed by atoms with Crippen LogP contribution in [0.5, 0.6) is 5.75 Å². The largest absolute Gasteiger partial charge is 0.484 e. The van der Waals surface area contributed by atoms with E-state index in [-0.39, 0.29) is 18.2 Å². The number of amides is 1. The first kappa shape index (κ1) is 23.5. The van der Waals surface area contributed by atoms with Crippen LogP contribution in [0.4, 0.5) is 13.2 Å². The van der Waals surface area contributed by atoms with Crippen LogP contribution < -0.4 is 20.7 Å². The monoisotopic (exact) mass is 442 g/mol. The van der Waals surface area contributed by atoms with E-state index >= 15 is 0 Å². The van der Waals surface area contributed by atoms with E-state index in [9.17, 15) is 18.0 Å². The maximum Gasteiger partial charge on any atom is 0.422 e. The average Bonchev–Trinajstić information content (AvgIpc) is 3.23. The van der Waals surface area contributed by atoms with Gasteiger partial charge >= 0.3 is 6.18 Å². The molecule has 1 aromatic carbocycles. The Bertz CT molecular complexity index is 839. The second kappa shape index (κ2) is 11.4. The lowest BCUT2D eigenvalue weighted by molar-refractivity contribution is -0.153. The van der Waals surface area contributed by atoms with Gasteiger partial charge in [-0.1, -0.05) is 18.2 Å². The second-order valence-corrected chi connectivity index (χ2v) is 7.40. The van der Waals surface area contributed by atoms with E-state index in [0.717, 1.165) is 5.56 Å². The molecule has 2 rings (SSSR count). The molecule has 0 spiro atoms. The minimum Gasteiger partial charge on any atom is -0.484 e. The number of halogens is 3. The van der Waals surface area contributed by atoms with Crippen molar-refractivity contribution in [3.05, 3.63) is 51.7 Å². The molecule has 30 heavy (non-hydrogen) atoms. The fourth-order valence-electron chi connectivity index (χ4n) is 2.49. The van der Waals surface area contributed by atoms with E-state index in [1.165, 1.54) is 11.3 Å². The molecule has 0 atom stereocenters. The second-order valence-electron chi connectivity index (χ2n) is 6.45. The van der Waals surface area contributed by atoms with Crippen LogP contribution in [-0.2, 0) is 6.54 Å². The number of alkyl halides is 3. The summed E-state index contributed by atoms with van der Waals surface area (Å²) in [6.45, 7) is 1.77. The number of ether oxygens (including phenoxy) is 1. The summed E-state index contributed by atoms with van der Waals surface area (Å²) in [6, 6.07) is 8.70. The summed E-state index contributed by atoms with van der Waals surface area (Å²) in [5.74, 6) is 0.590. The van der Waals surface area contributed by atoms with Crippen LogP contribution in [-0.4, -0.2) is 44.8 Å². The molecule has 6 nitrogen and oxygen atoms in total. The molecule has 0 radical (unpaired) electrons.